The van der Waals surface area contributed by atoms with Gasteiger partial charge in [0.15, 0.2) is 5.96 Å². The minimum Gasteiger partial charge on any atom is -0.497 e. The first-order valence-electron chi connectivity index (χ1n) is 10.3. The van der Waals surface area contributed by atoms with Crippen LogP contribution in [0.5, 0.6) is 11.5 Å². The van der Waals surface area contributed by atoms with E-state index < -0.39 is 0 Å². The van der Waals surface area contributed by atoms with Crippen LogP contribution in [0, 0.1) is 0 Å². The number of guanidine groups is 1. The molecule has 0 spiro atoms. The van der Waals surface area contributed by atoms with Crippen molar-refractivity contribution >= 4 is 29.9 Å². The number of benzene rings is 1. The summed E-state index contributed by atoms with van der Waals surface area (Å²) in [6, 6.07) is 5.81. The molecule has 9 heteroatoms. The molecule has 0 saturated carbocycles. The fourth-order valence-corrected chi connectivity index (χ4v) is 3.58. The largest absolute Gasteiger partial charge is 0.497 e. The van der Waals surface area contributed by atoms with Crippen molar-refractivity contribution in [2.45, 2.75) is 51.6 Å². The van der Waals surface area contributed by atoms with E-state index in [-0.39, 0.29) is 24.0 Å². The highest BCUT2D eigenvalue weighted by atomic mass is 127. The first-order chi connectivity index (χ1) is 14.2. The SMILES string of the molecule is CN=C(NCCCc1nnc2n1CCCCC2)NCc1ccc(OC)cc1OC.I. The van der Waals surface area contributed by atoms with E-state index in [2.05, 4.69) is 30.4 Å². The second kappa shape index (κ2) is 12.6. The van der Waals surface area contributed by atoms with Crippen LogP contribution in [0.15, 0.2) is 23.2 Å². The van der Waals surface area contributed by atoms with Gasteiger partial charge in [0, 0.05) is 51.2 Å². The summed E-state index contributed by atoms with van der Waals surface area (Å²) in [4.78, 5) is 4.31. The van der Waals surface area contributed by atoms with Crippen molar-refractivity contribution in [3.8, 4) is 11.5 Å². The predicted molar refractivity (Wildman–Crippen MR) is 129 cm³/mol. The molecular weight excluding hydrogens is 495 g/mol. The van der Waals surface area contributed by atoms with Crippen LogP contribution < -0.4 is 20.1 Å². The van der Waals surface area contributed by atoms with Crippen molar-refractivity contribution in [3.63, 3.8) is 0 Å². The zero-order chi connectivity index (χ0) is 20.5. The number of aromatic nitrogens is 3. The van der Waals surface area contributed by atoms with Crippen molar-refractivity contribution in [1.82, 2.24) is 25.4 Å². The molecule has 0 saturated heterocycles. The Morgan fingerprint density at radius 1 is 1.13 bits per heavy atom. The van der Waals surface area contributed by atoms with E-state index in [0.29, 0.717) is 6.54 Å². The highest BCUT2D eigenvalue weighted by Crippen LogP contribution is 2.24. The van der Waals surface area contributed by atoms with Gasteiger partial charge in [0.1, 0.15) is 23.1 Å². The molecule has 0 radical (unpaired) electrons. The molecule has 3 rings (SSSR count). The number of methoxy groups -OCH3 is 2. The lowest BCUT2D eigenvalue weighted by molar-refractivity contribution is 0.390. The highest BCUT2D eigenvalue weighted by Gasteiger charge is 2.14. The zero-order valence-electron chi connectivity index (χ0n) is 18.1. The van der Waals surface area contributed by atoms with Crippen LogP contribution in [0.25, 0.3) is 0 Å². The minimum absolute atomic E-state index is 0. The molecule has 0 fully saturated rings. The van der Waals surface area contributed by atoms with Crippen LogP contribution in [0.4, 0.5) is 0 Å². The number of nitrogens with zero attached hydrogens (tertiary/aromatic N) is 4. The summed E-state index contributed by atoms with van der Waals surface area (Å²) >= 11 is 0. The van der Waals surface area contributed by atoms with Crippen molar-refractivity contribution < 1.29 is 9.47 Å². The zero-order valence-corrected chi connectivity index (χ0v) is 20.4. The standard InChI is InChI=1S/C21H32N6O2.HI/c1-22-21(24-15-16-10-11-17(28-2)14-18(16)29-3)23-12-7-9-20-26-25-19-8-5-4-6-13-27(19)20;/h10-11,14H,4-9,12-13,15H2,1-3H3,(H2,22,23,24);1H. The number of aliphatic imine (C=N–C) groups is 1. The monoisotopic (exact) mass is 528 g/mol. The quantitative estimate of drug-likeness (QED) is 0.237. The Kier molecular flexibility index (Phi) is 10.2. The lowest BCUT2D eigenvalue weighted by Gasteiger charge is -2.14. The van der Waals surface area contributed by atoms with E-state index in [0.717, 1.165) is 67.0 Å². The minimum atomic E-state index is 0. The van der Waals surface area contributed by atoms with Gasteiger partial charge in [-0.3, -0.25) is 4.99 Å². The van der Waals surface area contributed by atoms with E-state index in [9.17, 15) is 0 Å². The molecule has 166 valence electrons. The third kappa shape index (κ3) is 6.48. The number of hydrogen-bond acceptors (Lipinski definition) is 5. The molecule has 1 aromatic heterocycles. The summed E-state index contributed by atoms with van der Waals surface area (Å²) in [6.07, 6.45) is 6.68. The van der Waals surface area contributed by atoms with Gasteiger partial charge in [0.25, 0.3) is 0 Å². The molecule has 1 aliphatic heterocycles. The third-order valence-electron chi connectivity index (χ3n) is 5.22. The van der Waals surface area contributed by atoms with Gasteiger partial charge in [0.2, 0.25) is 0 Å². The van der Waals surface area contributed by atoms with Crippen molar-refractivity contribution in [1.29, 1.82) is 0 Å². The van der Waals surface area contributed by atoms with Gasteiger partial charge >= 0.3 is 0 Å². The molecule has 30 heavy (non-hydrogen) atoms. The summed E-state index contributed by atoms with van der Waals surface area (Å²) in [5.74, 6) is 4.59. The molecule has 2 aromatic rings. The van der Waals surface area contributed by atoms with Crippen LogP contribution in [-0.4, -0.2) is 48.5 Å². The van der Waals surface area contributed by atoms with Crippen LogP contribution in [0.1, 0.15) is 42.9 Å². The predicted octanol–water partition coefficient (Wildman–Crippen LogP) is 2.94. The Labute approximate surface area is 195 Å². The normalized spacial score (nSPS) is 13.6. The maximum atomic E-state index is 5.45. The first kappa shape index (κ1) is 24.2. The summed E-state index contributed by atoms with van der Waals surface area (Å²) in [5.41, 5.74) is 1.04. The lowest BCUT2D eigenvalue weighted by Crippen LogP contribution is -2.37. The summed E-state index contributed by atoms with van der Waals surface area (Å²) in [5, 5.41) is 15.5. The molecule has 0 bridgehead atoms. The van der Waals surface area contributed by atoms with E-state index in [1.54, 1.807) is 21.3 Å². The van der Waals surface area contributed by atoms with Crippen molar-refractivity contribution in [3.05, 3.63) is 35.4 Å². The van der Waals surface area contributed by atoms with Crippen LogP contribution in [0.2, 0.25) is 0 Å². The van der Waals surface area contributed by atoms with E-state index >= 15 is 0 Å². The average Bonchev–Trinajstić information content (AvgIpc) is 2.98. The van der Waals surface area contributed by atoms with Crippen LogP contribution >= 0.6 is 24.0 Å². The molecular formula is C21H33IN6O2. The average molecular weight is 528 g/mol. The van der Waals surface area contributed by atoms with Gasteiger partial charge in [-0.1, -0.05) is 6.42 Å². The lowest BCUT2D eigenvalue weighted by atomic mass is 10.2. The molecule has 2 heterocycles. The fourth-order valence-electron chi connectivity index (χ4n) is 3.58. The molecule has 1 aromatic carbocycles. The first-order valence-corrected chi connectivity index (χ1v) is 10.3. The molecule has 0 atom stereocenters. The summed E-state index contributed by atoms with van der Waals surface area (Å²) in [6.45, 7) is 2.49. The number of aryl methyl sites for hydroxylation is 2. The number of hydrogen-bond donors (Lipinski definition) is 2. The second-order valence-electron chi connectivity index (χ2n) is 7.13. The van der Waals surface area contributed by atoms with Gasteiger partial charge in [0.05, 0.1) is 14.2 Å². The number of ether oxygens (including phenoxy) is 2. The summed E-state index contributed by atoms with van der Waals surface area (Å²) in [7, 11) is 5.09. The molecule has 2 N–H and O–H groups in total. The van der Waals surface area contributed by atoms with Gasteiger partial charge in [-0.05, 0) is 31.4 Å². The molecule has 0 unspecified atom stereocenters. The molecule has 0 aliphatic carbocycles. The maximum absolute atomic E-state index is 5.45. The van der Waals surface area contributed by atoms with Crippen LogP contribution in [-0.2, 0) is 25.9 Å². The second-order valence-corrected chi connectivity index (χ2v) is 7.13. The smallest absolute Gasteiger partial charge is 0.191 e. The number of rotatable bonds is 8. The summed E-state index contributed by atoms with van der Waals surface area (Å²) < 4.78 is 13.0. The Morgan fingerprint density at radius 2 is 2.00 bits per heavy atom. The Bertz CT molecular complexity index is 824. The number of halogens is 1. The topological polar surface area (TPSA) is 85.6 Å². The third-order valence-corrected chi connectivity index (χ3v) is 5.22. The Morgan fingerprint density at radius 3 is 2.77 bits per heavy atom. The van der Waals surface area contributed by atoms with Gasteiger partial charge in [-0.2, -0.15) is 0 Å². The molecule has 1 aliphatic rings. The van der Waals surface area contributed by atoms with Gasteiger partial charge < -0.3 is 24.7 Å². The van der Waals surface area contributed by atoms with Crippen molar-refractivity contribution in [2.24, 2.45) is 4.99 Å². The van der Waals surface area contributed by atoms with Gasteiger partial charge in [-0.15, -0.1) is 34.2 Å². The highest BCUT2D eigenvalue weighted by molar-refractivity contribution is 14.0. The van der Waals surface area contributed by atoms with E-state index in [4.69, 9.17) is 9.47 Å². The number of fused-ring (bicyclic) bond motifs is 1. The van der Waals surface area contributed by atoms with Gasteiger partial charge in [-0.25, -0.2) is 0 Å². The van der Waals surface area contributed by atoms with E-state index in [1.807, 2.05) is 18.2 Å². The van der Waals surface area contributed by atoms with E-state index in [1.165, 1.54) is 19.3 Å². The molecule has 0 amide bonds. The Hall–Kier alpha value is -2.04. The maximum Gasteiger partial charge on any atom is 0.191 e. The number of nitrogens with one attached hydrogen (secondary N) is 2. The van der Waals surface area contributed by atoms with Crippen LogP contribution in [0.3, 0.4) is 0 Å². The van der Waals surface area contributed by atoms with Crippen molar-refractivity contribution in [2.75, 3.05) is 27.8 Å². The Balaban J connectivity index is 0.00000320. The fraction of sp³-hybridized carbons (Fsp3) is 0.571. The molecule has 8 nitrogen and oxygen atoms in total.